The quantitative estimate of drug-likeness (QED) is 0.312. The van der Waals surface area contributed by atoms with Crippen molar-refractivity contribution in [2.24, 2.45) is 0 Å². The second-order valence-corrected chi connectivity index (χ2v) is 7.06. The lowest BCUT2D eigenvalue weighted by Crippen LogP contribution is -2.23. The fourth-order valence-corrected chi connectivity index (χ4v) is 3.22. The van der Waals surface area contributed by atoms with Gasteiger partial charge in [-0.05, 0) is 29.7 Å². The van der Waals surface area contributed by atoms with E-state index in [9.17, 15) is 39.5 Å². The third-order valence-electron chi connectivity index (χ3n) is 4.79. The molecule has 0 amide bonds. The van der Waals surface area contributed by atoms with Gasteiger partial charge in [-0.3, -0.25) is 0 Å². The Kier molecular flexibility index (Phi) is 6.94. The van der Waals surface area contributed by atoms with E-state index in [4.69, 9.17) is 0 Å². The molecule has 0 N–H and O–H groups in total. The molecule has 0 atom stereocenters. The van der Waals surface area contributed by atoms with Gasteiger partial charge in [-0.2, -0.15) is 8.78 Å². The summed E-state index contributed by atoms with van der Waals surface area (Å²) < 4.78 is 129. The lowest BCUT2D eigenvalue weighted by Gasteiger charge is -2.20. The first-order valence-electron chi connectivity index (χ1n) is 9.57. The highest BCUT2D eigenvalue weighted by molar-refractivity contribution is 5.65. The van der Waals surface area contributed by atoms with Gasteiger partial charge in [0.15, 0.2) is 11.6 Å². The monoisotopic (exact) mass is 478 g/mol. The molecule has 0 aliphatic rings. The van der Waals surface area contributed by atoms with E-state index in [1.54, 1.807) is 6.92 Å². The van der Waals surface area contributed by atoms with E-state index in [2.05, 4.69) is 4.74 Å². The summed E-state index contributed by atoms with van der Waals surface area (Å²) in [5, 5.41) is 0. The van der Waals surface area contributed by atoms with Gasteiger partial charge in [0.25, 0.3) is 6.43 Å². The SMILES string of the molecule is CCCc1ccc(-c2ccc(C(F)(F)Oc3cc(F)c(C(F)F)c(F)c3)c(F)c2)c(F)c1F. The molecule has 3 aromatic rings. The largest absolute Gasteiger partial charge is 0.429 e. The molecule has 0 aliphatic heterocycles. The first kappa shape index (κ1) is 24.5. The third kappa shape index (κ3) is 4.94. The topological polar surface area (TPSA) is 9.23 Å². The summed E-state index contributed by atoms with van der Waals surface area (Å²) in [6, 6.07) is 4.64. The van der Waals surface area contributed by atoms with E-state index in [0.717, 1.165) is 6.07 Å². The highest BCUT2D eigenvalue weighted by Crippen LogP contribution is 2.37. The van der Waals surface area contributed by atoms with Crippen LogP contribution in [0.4, 0.5) is 39.5 Å². The Labute approximate surface area is 182 Å². The van der Waals surface area contributed by atoms with Crippen LogP contribution in [0.25, 0.3) is 11.1 Å². The summed E-state index contributed by atoms with van der Waals surface area (Å²) >= 11 is 0. The molecule has 0 radical (unpaired) electrons. The lowest BCUT2D eigenvalue weighted by atomic mass is 9.99. The molecule has 0 heterocycles. The minimum Gasteiger partial charge on any atom is -0.429 e. The fraction of sp³-hybridized carbons (Fsp3) is 0.217. The maximum absolute atomic E-state index is 14.5. The molecule has 0 aliphatic carbocycles. The van der Waals surface area contributed by atoms with Crippen molar-refractivity contribution in [3.63, 3.8) is 0 Å². The van der Waals surface area contributed by atoms with Crippen molar-refractivity contribution in [3.8, 4) is 16.9 Å². The van der Waals surface area contributed by atoms with Gasteiger partial charge in [-0.1, -0.05) is 31.5 Å². The summed E-state index contributed by atoms with van der Waals surface area (Å²) in [6.45, 7) is 1.76. The van der Waals surface area contributed by atoms with Gasteiger partial charge >= 0.3 is 6.11 Å². The van der Waals surface area contributed by atoms with Crippen LogP contribution in [0.3, 0.4) is 0 Å². The van der Waals surface area contributed by atoms with Crippen LogP contribution < -0.4 is 4.74 Å². The van der Waals surface area contributed by atoms with Crippen molar-refractivity contribution >= 4 is 0 Å². The molecule has 0 fully saturated rings. The molecule has 0 spiro atoms. The number of ether oxygens (including phenoxy) is 1. The zero-order valence-corrected chi connectivity index (χ0v) is 16.8. The van der Waals surface area contributed by atoms with Crippen LogP contribution in [0.15, 0.2) is 42.5 Å². The Hall–Kier alpha value is -3.17. The molecule has 33 heavy (non-hydrogen) atoms. The van der Waals surface area contributed by atoms with Crippen molar-refractivity contribution in [2.75, 3.05) is 0 Å². The van der Waals surface area contributed by atoms with Crippen LogP contribution in [0.1, 0.15) is 36.5 Å². The maximum Gasteiger partial charge on any atom is 0.429 e. The molecule has 176 valence electrons. The van der Waals surface area contributed by atoms with Gasteiger partial charge in [-0.25, -0.2) is 30.7 Å². The van der Waals surface area contributed by atoms with Gasteiger partial charge in [-0.15, -0.1) is 0 Å². The zero-order chi connectivity index (χ0) is 24.5. The van der Waals surface area contributed by atoms with E-state index in [0.29, 0.717) is 18.6 Å². The Morgan fingerprint density at radius 2 is 1.45 bits per heavy atom. The summed E-state index contributed by atoms with van der Waals surface area (Å²) in [5.41, 5.74) is -3.51. The van der Waals surface area contributed by atoms with E-state index in [-0.39, 0.29) is 35.2 Å². The Bertz CT molecular complexity index is 1150. The molecular formula is C23H15F9O. The van der Waals surface area contributed by atoms with Gasteiger partial charge in [0.2, 0.25) is 0 Å². The molecule has 0 saturated heterocycles. The second kappa shape index (κ2) is 9.36. The van der Waals surface area contributed by atoms with Gasteiger partial charge < -0.3 is 4.74 Å². The molecule has 0 aromatic heterocycles. The minimum atomic E-state index is -4.48. The zero-order valence-electron chi connectivity index (χ0n) is 16.8. The van der Waals surface area contributed by atoms with Gasteiger partial charge in [0.1, 0.15) is 23.2 Å². The number of alkyl halides is 4. The Morgan fingerprint density at radius 3 is 2.00 bits per heavy atom. The predicted molar refractivity (Wildman–Crippen MR) is 102 cm³/mol. The van der Waals surface area contributed by atoms with E-state index >= 15 is 0 Å². The van der Waals surface area contributed by atoms with Crippen LogP contribution >= 0.6 is 0 Å². The molecule has 0 unspecified atom stereocenters. The van der Waals surface area contributed by atoms with Crippen molar-refractivity contribution in [1.82, 2.24) is 0 Å². The first-order chi connectivity index (χ1) is 15.5. The molecule has 1 nitrogen and oxygen atoms in total. The highest BCUT2D eigenvalue weighted by atomic mass is 19.3. The normalized spacial score (nSPS) is 11.8. The van der Waals surface area contributed by atoms with Crippen LogP contribution in [-0.4, -0.2) is 0 Å². The average molecular weight is 478 g/mol. The van der Waals surface area contributed by atoms with E-state index in [1.807, 2.05) is 0 Å². The van der Waals surface area contributed by atoms with Crippen molar-refractivity contribution in [1.29, 1.82) is 0 Å². The minimum absolute atomic E-state index is 0.105. The van der Waals surface area contributed by atoms with Crippen molar-refractivity contribution in [3.05, 3.63) is 88.2 Å². The molecule has 0 saturated carbocycles. The van der Waals surface area contributed by atoms with Crippen LogP contribution in [-0.2, 0) is 12.5 Å². The summed E-state index contributed by atoms with van der Waals surface area (Å²) in [5.74, 6) is -8.81. The first-order valence-corrected chi connectivity index (χ1v) is 9.57. The second-order valence-electron chi connectivity index (χ2n) is 7.06. The van der Waals surface area contributed by atoms with Crippen LogP contribution in [0.5, 0.6) is 5.75 Å². The Morgan fingerprint density at radius 1 is 0.818 bits per heavy atom. The Balaban J connectivity index is 1.93. The maximum atomic E-state index is 14.5. The smallest absolute Gasteiger partial charge is 0.429 e. The van der Waals surface area contributed by atoms with Crippen LogP contribution in [0, 0.1) is 29.1 Å². The van der Waals surface area contributed by atoms with E-state index < -0.39 is 58.5 Å². The summed E-state index contributed by atoms with van der Waals surface area (Å²) in [4.78, 5) is 0. The standard InChI is InChI=1S/C23H15F9O/c1-2-3-11-4-6-14(21(28)20(11)27)12-5-7-15(16(24)8-12)23(31,32)33-13-9-17(25)19(22(29)30)18(26)10-13/h4-10,22H,2-3H2,1H3. The third-order valence-corrected chi connectivity index (χ3v) is 4.79. The number of hydrogen-bond acceptors (Lipinski definition) is 1. The van der Waals surface area contributed by atoms with E-state index in [1.165, 1.54) is 12.1 Å². The number of benzene rings is 3. The van der Waals surface area contributed by atoms with Crippen LogP contribution in [0.2, 0.25) is 0 Å². The molecular weight excluding hydrogens is 463 g/mol. The number of rotatable bonds is 7. The van der Waals surface area contributed by atoms with Crippen molar-refractivity contribution in [2.45, 2.75) is 32.3 Å². The number of hydrogen-bond donors (Lipinski definition) is 0. The summed E-state index contributed by atoms with van der Waals surface area (Å²) in [7, 11) is 0. The van der Waals surface area contributed by atoms with Gasteiger partial charge in [0, 0.05) is 17.7 Å². The molecule has 3 aromatic carbocycles. The molecule has 3 rings (SSSR count). The lowest BCUT2D eigenvalue weighted by molar-refractivity contribution is -0.187. The average Bonchev–Trinajstić information content (AvgIpc) is 2.70. The molecule has 10 heteroatoms. The summed E-state index contributed by atoms with van der Waals surface area (Å²) in [6.07, 6.45) is -7.21. The predicted octanol–water partition coefficient (Wildman–Crippen LogP) is 8.07. The number of halogens is 9. The van der Waals surface area contributed by atoms with Crippen molar-refractivity contribution < 1.29 is 44.3 Å². The highest BCUT2D eigenvalue weighted by Gasteiger charge is 2.38. The fourth-order valence-electron chi connectivity index (χ4n) is 3.22. The number of aryl methyl sites for hydroxylation is 1. The van der Waals surface area contributed by atoms with Gasteiger partial charge in [0.05, 0.1) is 11.1 Å². The molecule has 0 bridgehead atoms.